The van der Waals surface area contributed by atoms with Gasteiger partial charge in [-0.1, -0.05) is 18.2 Å². The van der Waals surface area contributed by atoms with Gasteiger partial charge < -0.3 is 10.1 Å². The van der Waals surface area contributed by atoms with Crippen molar-refractivity contribution in [1.29, 1.82) is 5.26 Å². The number of nitriles is 1. The van der Waals surface area contributed by atoms with E-state index >= 15 is 0 Å². The van der Waals surface area contributed by atoms with Crippen LogP contribution in [0.4, 0.5) is 13.2 Å². The Hall–Kier alpha value is -1.74. The van der Waals surface area contributed by atoms with Crippen LogP contribution in [0.3, 0.4) is 0 Å². The number of nitrogens with zero attached hydrogens (tertiary/aromatic N) is 1. The highest BCUT2D eigenvalue weighted by molar-refractivity contribution is 5.33. The van der Waals surface area contributed by atoms with Crippen LogP contribution in [-0.4, -0.2) is 12.9 Å². The van der Waals surface area contributed by atoms with E-state index in [2.05, 4.69) is 16.1 Å². The number of rotatable bonds is 5. The average Bonchev–Trinajstić information content (AvgIpc) is 2.29. The third-order valence-corrected chi connectivity index (χ3v) is 2.38. The molecule has 3 nitrogen and oxygen atoms in total. The van der Waals surface area contributed by atoms with Crippen molar-refractivity contribution in [3.63, 3.8) is 0 Å². The fourth-order valence-electron chi connectivity index (χ4n) is 1.42. The van der Waals surface area contributed by atoms with E-state index < -0.39 is 11.8 Å². The first-order valence-corrected chi connectivity index (χ1v) is 5.69. The number of para-hydroxylation sites is 1. The monoisotopic (exact) mass is 272 g/mol. The van der Waals surface area contributed by atoms with Gasteiger partial charge in [-0.25, -0.2) is 0 Å². The molecule has 1 aromatic carbocycles. The summed E-state index contributed by atoms with van der Waals surface area (Å²) in [5, 5.41) is 11.8. The zero-order valence-corrected chi connectivity index (χ0v) is 10.7. The first kappa shape index (κ1) is 15.3. The van der Waals surface area contributed by atoms with Crippen molar-refractivity contribution < 1.29 is 17.9 Å². The van der Waals surface area contributed by atoms with Gasteiger partial charge in [-0.2, -0.15) is 5.26 Å². The molecule has 0 atom stereocenters. The van der Waals surface area contributed by atoms with Gasteiger partial charge in [0.05, 0.1) is 11.5 Å². The summed E-state index contributed by atoms with van der Waals surface area (Å²) in [4.78, 5) is 0. The van der Waals surface area contributed by atoms with Gasteiger partial charge in [0, 0.05) is 18.7 Å². The Kier molecular flexibility index (Phi) is 4.78. The standard InChI is InChI=1S/C13H15F3N2O/c1-12(2,8-17)9-18-7-10-5-3-4-6-11(10)19-13(14,15)16/h3-6,18H,7,9H2,1-2H3. The third-order valence-electron chi connectivity index (χ3n) is 2.38. The summed E-state index contributed by atoms with van der Waals surface area (Å²) in [6.45, 7) is 4.08. The van der Waals surface area contributed by atoms with Crippen molar-refractivity contribution in [2.45, 2.75) is 26.8 Å². The molecule has 0 saturated heterocycles. The van der Waals surface area contributed by atoms with Crippen LogP contribution >= 0.6 is 0 Å². The molecule has 19 heavy (non-hydrogen) atoms. The van der Waals surface area contributed by atoms with Gasteiger partial charge in [0.25, 0.3) is 0 Å². The first-order chi connectivity index (χ1) is 8.73. The molecule has 0 aliphatic heterocycles. The highest BCUT2D eigenvalue weighted by Gasteiger charge is 2.31. The summed E-state index contributed by atoms with van der Waals surface area (Å²) in [7, 11) is 0. The van der Waals surface area contributed by atoms with Gasteiger partial charge >= 0.3 is 6.36 Å². The van der Waals surface area contributed by atoms with Crippen LogP contribution in [0.2, 0.25) is 0 Å². The van der Waals surface area contributed by atoms with Crippen molar-refractivity contribution in [2.75, 3.05) is 6.54 Å². The highest BCUT2D eigenvalue weighted by atomic mass is 19.4. The van der Waals surface area contributed by atoms with Crippen molar-refractivity contribution in [1.82, 2.24) is 5.32 Å². The molecule has 0 aromatic heterocycles. The summed E-state index contributed by atoms with van der Waals surface area (Å²) in [6.07, 6.45) is -4.71. The fourth-order valence-corrected chi connectivity index (χ4v) is 1.42. The van der Waals surface area contributed by atoms with Crippen molar-refractivity contribution >= 4 is 0 Å². The predicted molar refractivity (Wildman–Crippen MR) is 64.2 cm³/mol. The number of nitrogens with one attached hydrogen (secondary N) is 1. The molecule has 1 rings (SSSR count). The molecular formula is C13H15F3N2O. The summed E-state index contributed by atoms with van der Waals surface area (Å²) in [5.74, 6) is -0.225. The quantitative estimate of drug-likeness (QED) is 0.895. The summed E-state index contributed by atoms with van der Waals surface area (Å²) in [6, 6.07) is 8.03. The average molecular weight is 272 g/mol. The maximum Gasteiger partial charge on any atom is 0.573 e. The molecule has 0 unspecified atom stereocenters. The minimum atomic E-state index is -4.71. The second-order valence-electron chi connectivity index (χ2n) is 4.75. The van der Waals surface area contributed by atoms with E-state index in [1.165, 1.54) is 12.1 Å². The van der Waals surface area contributed by atoms with Crippen LogP contribution in [0.15, 0.2) is 24.3 Å². The van der Waals surface area contributed by atoms with Crippen LogP contribution in [0.5, 0.6) is 5.75 Å². The minimum Gasteiger partial charge on any atom is -0.405 e. The molecule has 0 fully saturated rings. The van der Waals surface area contributed by atoms with E-state index in [0.29, 0.717) is 12.1 Å². The zero-order valence-electron chi connectivity index (χ0n) is 10.7. The predicted octanol–water partition coefficient (Wildman–Crippen LogP) is 3.22. The zero-order chi connectivity index (χ0) is 14.5. The van der Waals surface area contributed by atoms with Crippen LogP contribution < -0.4 is 10.1 Å². The highest BCUT2D eigenvalue weighted by Crippen LogP contribution is 2.26. The Bertz CT molecular complexity index is 464. The second kappa shape index (κ2) is 5.93. The van der Waals surface area contributed by atoms with Crippen LogP contribution in [0.25, 0.3) is 0 Å². The van der Waals surface area contributed by atoms with Crippen LogP contribution in [0, 0.1) is 16.7 Å². The summed E-state index contributed by atoms with van der Waals surface area (Å²) in [5.41, 5.74) is -0.173. The van der Waals surface area contributed by atoms with Crippen LogP contribution in [0.1, 0.15) is 19.4 Å². The van der Waals surface area contributed by atoms with E-state index in [-0.39, 0.29) is 12.3 Å². The molecule has 0 amide bonds. The van der Waals surface area contributed by atoms with Crippen molar-refractivity contribution in [2.24, 2.45) is 5.41 Å². The molecule has 6 heteroatoms. The number of benzene rings is 1. The lowest BCUT2D eigenvalue weighted by Gasteiger charge is -2.17. The Morgan fingerprint density at radius 1 is 1.26 bits per heavy atom. The van der Waals surface area contributed by atoms with Gasteiger partial charge in [-0.15, -0.1) is 13.2 Å². The van der Waals surface area contributed by atoms with Gasteiger partial charge in [0.2, 0.25) is 0 Å². The normalized spacial score (nSPS) is 12.0. The van der Waals surface area contributed by atoms with E-state index in [0.717, 1.165) is 0 Å². The van der Waals surface area contributed by atoms with Crippen molar-refractivity contribution in [3.05, 3.63) is 29.8 Å². The maximum absolute atomic E-state index is 12.2. The van der Waals surface area contributed by atoms with Gasteiger partial charge in [-0.05, 0) is 19.9 Å². The molecule has 0 aliphatic carbocycles. The molecule has 0 bridgehead atoms. The Morgan fingerprint density at radius 2 is 1.89 bits per heavy atom. The Labute approximate surface area is 110 Å². The molecule has 1 aromatic rings. The molecule has 0 saturated carbocycles. The SMILES string of the molecule is CC(C)(C#N)CNCc1ccccc1OC(F)(F)F. The van der Waals surface area contributed by atoms with Crippen LogP contribution in [-0.2, 0) is 6.54 Å². The van der Waals surface area contributed by atoms with E-state index in [4.69, 9.17) is 5.26 Å². The van der Waals surface area contributed by atoms with E-state index in [1.807, 2.05) is 0 Å². The molecule has 0 heterocycles. The smallest absolute Gasteiger partial charge is 0.405 e. The van der Waals surface area contributed by atoms with Gasteiger partial charge in [-0.3, -0.25) is 0 Å². The first-order valence-electron chi connectivity index (χ1n) is 5.69. The molecule has 0 radical (unpaired) electrons. The summed E-state index contributed by atoms with van der Waals surface area (Å²) < 4.78 is 40.5. The lowest BCUT2D eigenvalue weighted by molar-refractivity contribution is -0.274. The number of hydrogen-bond donors (Lipinski definition) is 1. The second-order valence-corrected chi connectivity index (χ2v) is 4.75. The lowest BCUT2D eigenvalue weighted by Crippen LogP contribution is -2.28. The molecule has 0 aliphatic rings. The summed E-state index contributed by atoms with van der Waals surface area (Å²) >= 11 is 0. The third kappa shape index (κ3) is 5.62. The molecular weight excluding hydrogens is 257 g/mol. The number of hydrogen-bond acceptors (Lipinski definition) is 3. The Balaban J connectivity index is 2.67. The Morgan fingerprint density at radius 3 is 2.47 bits per heavy atom. The lowest BCUT2D eigenvalue weighted by atomic mass is 9.96. The fraction of sp³-hybridized carbons (Fsp3) is 0.462. The van der Waals surface area contributed by atoms with Crippen molar-refractivity contribution in [3.8, 4) is 11.8 Å². The maximum atomic E-state index is 12.2. The molecule has 104 valence electrons. The molecule has 1 N–H and O–H groups in total. The largest absolute Gasteiger partial charge is 0.573 e. The minimum absolute atomic E-state index is 0.206. The topological polar surface area (TPSA) is 45.0 Å². The number of alkyl halides is 3. The van der Waals surface area contributed by atoms with Gasteiger partial charge in [0.15, 0.2) is 0 Å². The number of ether oxygens (including phenoxy) is 1. The molecule has 0 spiro atoms. The number of halogens is 3. The van der Waals surface area contributed by atoms with Gasteiger partial charge in [0.1, 0.15) is 5.75 Å². The van der Waals surface area contributed by atoms with E-state index in [9.17, 15) is 13.2 Å². The van der Waals surface area contributed by atoms with E-state index in [1.54, 1.807) is 26.0 Å².